The molecule has 0 radical (unpaired) electrons. The summed E-state index contributed by atoms with van der Waals surface area (Å²) in [4.78, 5) is 13.4. The van der Waals surface area contributed by atoms with Crippen LogP contribution in [-0.4, -0.2) is 11.3 Å². The molecule has 0 bridgehead atoms. The Labute approximate surface area is 89.6 Å². The second-order valence-corrected chi connectivity index (χ2v) is 3.71. The Bertz CT molecular complexity index is 666. The lowest BCUT2D eigenvalue weighted by Gasteiger charge is -1.90. The highest BCUT2D eigenvalue weighted by molar-refractivity contribution is 6.35. The number of H-pyrrole nitrogens is 1. The Hall–Kier alpha value is -1.74. The summed E-state index contributed by atoms with van der Waals surface area (Å²) in [5.41, 5.74) is 1.74. The number of aromatic nitrogens is 1. The first-order valence-corrected chi connectivity index (χ1v) is 4.82. The van der Waals surface area contributed by atoms with Crippen molar-refractivity contribution in [2.45, 2.75) is 0 Å². The first-order valence-electron chi connectivity index (χ1n) is 4.44. The van der Waals surface area contributed by atoms with Crippen LogP contribution in [0.15, 0.2) is 28.7 Å². The summed E-state index contributed by atoms with van der Waals surface area (Å²) in [6, 6.07) is 7.29. The van der Waals surface area contributed by atoms with Gasteiger partial charge in [0.05, 0.1) is 10.7 Å². The van der Waals surface area contributed by atoms with Crippen molar-refractivity contribution in [2.24, 2.45) is 0 Å². The fourth-order valence-corrected chi connectivity index (χ4v) is 1.94. The predicted octanol–water partition coefficient (Wildman–Crippen LogP) is 3.38. The third-order valence-electron chi connectivity index (χ3n) is 2.39. The molecule has 0 saturated carbocycles. The molecule has 0 fully saturated rings. The SMILES string of the molecule is O=Cc1cc2c([nH]1)oc1c(Cl)cccc12. The first kappa shape index (κ1) is 8.56. The van der Waals surface area contributed by atoms with Gasteiger partial charge in [-0.05, 0) is 12.1 Å². The Balaban J connectivity index is 2.50. The molecule has 3 rings (SSSR count). The zero-order valence-electron chi connectivity index (χ0n) is 7.58. The van der Waals surface area contributed by atoms with Gasteiger partial charge in [0.25, 0.3) is 0 Å². The molecule has 3 aromatic rings. The number of carbonyl (C=O) groups is 1. The van der Waals surface area contributed by atoms with Crippen LogP contribution in [0.3, 0.4) is 0 Å². The topological polar surface area (TPSA) is 46.0 Å². The molecule has 0 aliphatic rings. The average Bonchev–Trinajstić information content (AvgIpc) is 2.76. The molecule has 4 heteroatoms. The third kappa shape index (κ3) is 1.10. The molecule has 0 aliphatic carbocycles. The summed E-state index contributed by atoms with van der Waals surface area (Å²) in [5, 5.41) is 2.38. The van der Waals surface area contributed by atoms with Gasteiger partial charge in [-0.15, -0.1) is 0 Å². The van der Waals surface area contributed by atoms with Gasteiger partial charge in [0.15, 0.2) is 11.9 Å². The Morgan fingerprint density at radius 1 is 1.33 bits per heavy atom. The van der Waals surface area contributed by atoms with Gasteiger partial charge in [0.1, 0.15) is 0 Å². The Morgan fingerprint density at radius 3 is 3.00 bits per heavy atom. The maximum Gasteiger partial charge on any atom is 0.206 e. The smallest absolute Gasteiger partial charge is 0.206 e. The lowest BCUT2D eigenvalue weighted by atomic mass is 10.2. The van der Waals surface area contributed by atoms with Crippen LogP contribution in [0.5, 0.6) is 0 Å². The maximum absolute atomic E-state index is 10.6. The summed E-state index contributed by atoms with van der Waals surface area (Å²) in [6.07, 6.45) is 0.756. The summed E-state index contributed by atoms with van der Waals surface area (Å²) in [5.74, 6) is 0. The van der Waals surface area contributed by atoms with Gasteiger partial charge in [0, 0.05) is 10.8 Å². The van der Waals surface area contributed by atoms with E-state index in [1.807, 2.05) is 12.1 Å². The number of hydrogen-bond donors (Lipinski definition) is 1. The Kier molecular flexibility index (Phi) is 1.64. The van der Waals surface area contributed by atoms with E-state index < -0.39 is 0 Å². The van der Waals surface area contributed by atoms with E-state index >= 15 is 0 Å². The van der Waals surface area contributed by atoms with Crippen molar-refractivity contribution in [3.8, 4) is 0 Å². The lowest BCUT2D eigenvalue weighted by Crippen LogP contribution is -1.75. The van der Waals surface area contributed by atoms with Crippen molar-refractivity contribution in [3.63, 3.8) is 0 Å². The molecule has 1 N–H and O–H groups in total. The predicted molar refractivity (Wildman–Crippen MR) is 58.5 cm³/mol. The van der Waals surface area contributed by atoms with Crippen LogP contribution >= 0.6 is 11.6 Å². The normalized spacial score (nSPS) is 11.3. The largest absolute Gasteiger partial charge is 0.438 e. The molecule has 0 aliphatic heterocycles. The van der Waals surface area contributed by atoms with E-state index in [1.54, 1.807) is 12.1 Å². The Morgan fingerprint density at radius 2 is 2.20 bits per heavy atom. The molecular weight excluding hydrogens is 214 g/mol. The molecule has 15 heavy (non-hydrogen) atoms. The summed E-state index contributed by atoms with van der Waals surface area (Å²) < 4.78 is 5.52. The van der Waals surface area contributed by atoms with E-state index in [4.69, 9.17) is 16.0 Å². The van der Waals surface area contributed by atoms with Crippen molar-refractivity contribution in [2.75, 3.05) is 0 Å². The number of carbonyl (C=O) groups excluding carboxylic acids is 1. The summed E-state index contributed by atoms with van der Waals surface area (Å²) in [6.45, 7) is 0. The van der Waals surface area contributed by atoms with E-state index in [-0.39, 0.29) is 0 Å². The molecule has 0 saturated heterocycles. The highest BCUT2D eigenvalue weighted by atomic mass is 35.5. The van der Waals surface area contributed by atoms with Crippen molar-refractivity contribution >= 4 is 40.0 Å². The lowest BCUT2D eigenvalue weighted by molar-refractivity contribution is 0.111. The minimum atomic E-state index is 0.505. The molecule has 0 unspecified atom stereocenters. The van der Waals surface area contributed by atoms with Crippen LogP contribution in [0.1, 0.15) is 10.5 Å². The molecule has 1 aromatic carbocycles. The molecule has 74 valence electrons. The molecule has 0 spiro atoms. The van der Waals surface area contributed by atoms with Crippen molar-refractivity contribution < 1.29 is 9.21 Å². The number of aromatic amines is 1. The molecule has 3 nitrogen and oxygen atoms in total. The first-order chi connectivity index (χ1) is 7.29. The molecule has 0 atom stereocenters. The number of benzene rings is 1. The van der Waals surface area contributed by atoms with Gasteiger partial charge in [0.2, 0.25) is 5.71 Å². The van der Waals surface area contributed by atoms with E-state index in [0.29, 0.717) is 22.0 Å². The number of aldehydes is 1. The van der Waals surface area contributed by atoms with Crippen molar-refractivity contribution in [1.29, 1.82) is 0 Å². The van der Waals surface area contributed by atoms with Crippen LogP contribution in [0.25, 0.3) is 22.1 Å². The quantitative estimate of drug-likeness (QED) is 0.638. The second-order valence-electron chi connectivity index (χ2n) is 3.30. The van der Waals surface area contributed by atoms with Crippen LogP contribution in [-0.2, 0) is 0 Å². The average molecular weight is 220 g/mol. The summed E-state index contributed by atoms with van der Waals surface area (Å²) in [7, 11) is 0. The van der Waals surface area contributed by atoms with Gasteiger partial charge in [-0.1, -0.05) is 23.7 Å². The molecule has 0 amide bonds. The standard InChI is InChI=1S/C11H6ClNO2/c12-9-3-1-2-7-8-4-6(5-14)13-11(8)15-10(7)9/h1-5,13H. The third-order valence-corrected chi connectivity index (χ3v) is 2.69. The monoisotopic (exact) mass is 219 g/mol. The minimum absolute atomic E-state index is 0.505. The summed E-state index contributed by atoms with van der Waals surface area (Å²) >= 11 is 5.98. The maximum atomic E-state index is 10.6. The number of furan rings is 1. The van der Waals surface area contributed by atoms with Crippen LogP contribution < -0.4 is 0 Å². The zero-order valence-corrected chi connectivity index (χ0v) is 8.34. The second kappa shape index (κ2) is 2.87. The van der Waals surface area contributed by atoms with Gasteiger partial charge in [-0.25, -0.2) is 0 Å². The fraction of sp³-hybridized carbons (Fsp3) is 0. The highest BCUT2D eigenvalue weighted by Crippen LogP contribution is 2.32. The van der Waals surface area contributed by atoms with E-state index in [0.717, 1.165) is 17.1 Å². The molecule has 2 heterocycles. The van der Waals surface area contributed by atoms with E-state index in [2.05, 4.69) is 4.98 Å². The van der Waals surface area contributed by atoms with E-state index in [1.165, 1.54) is 0 Å². The van der Waals surface area contributed by atoms with Crippen LogP contribution in [0, 0.1) is 0 Å². The van der Waals surface area contributed by atoms with E-state index in [9.17, 15) is 4.79 Å². The number of fused-ring (bicyclic) bond motifs is 3. The van der Waals surface area contributed by atoms with Crippen LogP contribution in [0.2, 0.25) is 5.02 Å². The number of hydrogen-bond acceptors (Lipinski definition) is 2. The van der Waals surface area contributed by atoms with Crippen molar-refractivity contribution in [1.82, 2.24) is 4.98 Å². The zero-order chi connectivity index (χ0) is 10.4. The number of nitrogens with one attached hydrogen (secondary N) is 1. The van der Waals surface area contributed by atoms with Gasteiger partial charge >= 0.3 is 0 Å². The van der Waals surface area contributed by atoms with Gasteiger partial charge in [-0.3, -0.25) is 4.79 Å². The fourth-order valence-electron chi connectivity index (χ4n) is 1.73. The van der Waals surface area contributed by atoms with Gasteiger partial charge in [-0.2, -0.15) is 0 Å². The van der Waals surface area contributed by atoms with Crippen LogP contribution in [0.4, 0.5) is 0 Å². The minimum Gasteiger partial charge on any atom is -0.438 e. The van der Waals surface area contributed by atoms with Gasteiger partial charge < -0.3 is 9.40 Å². The highest BCUT2D eigenvalue weighted by Gasteiger charge is 2.11. The number of rotatable bonds is 1. The molecular formula is C11H6ClNO2. The molecule has 2 aromatic heterocycles. The number of halogens is 1. The van der Waals surface area contributed by atoms with Crippen molar-refractivity contribution in [3.05, 3.63) is 35.0 Å². The number of para-hydroxylation sites is 1.